The lowest BCUT2D eigenvalue weighted by Gasteiger charge is -2.26. The molecule has 6 nitrogen and oxygen atoms in total. The largest absolute Gasteiger partial charge is 0.325 e. The fourth-order valence-corrected chi connectivity index (χ4v) is 3.89. The maximum atomic E-state index is 12.4. The highest BCUT2D eigenvalue weighted by Crippen LogP contribution is 2.16. The molecule has 2 aromatic rings. The first-order chi connectivity index (χ1) is 12.5. The summed E-state index contributed by atoms with van der Waals surface area (Å²) in [6, 6.07) is 15.4. The number of carbonyl (C=O) groups excluding carboxylic acids is 1. The summed E-state index contributed by atoms with van der Waals surface area (Å²) in [5, 5.41) is 2.82. The highest BCUT2D eigenvalue weighted by Gasteiger charge is 2.17. The number of likely N-dealkylation sites (tertiary alicyclic amines) is 1. The minimum Gasteiger partial charge on any atom is -0.325 e. The summed E-state index contributed by atoms with van der Waals surface area (Å²) in [5.41, 5.74) is 1.48. The van der Waals surface area contributed by atoms with E-state index < -0.39 is 10.0 Å². The summed E-state index contributed by atoms with van der Waals surface area (Å²) in [6.07, 6.45) is 3.21. The Balaban J connectivity index is 1.60. The molecule has 0 atom stereocenters. The summed E-state index contributed by atoms with van der Waals surface area (Å²) < 4.78 is 27.3. The van der Waals surface area contributed by atoms with Crippen LogP contribution in [-0.2, 0) is 16.6 Å². The van der Waals surface area contributed by atoms with E-state index in [1.165, 1.54) is 12.1 Å². The van der Waals surface area contributed by atoms with Gasteiger partial charge in [-0.3, -0.25) is 0 Å². The van der Waals surface area contributed by atoms with Crippen LogP contribution in [0.2, 0.25) is 0 Å². The first-order valence-corrected chi connectivity index (χ1v) is 10.2. The quantitative estimate of drug-likeness (QED) is 0.845. The van der Waals surface area contributed by atoms with Crippen LogP contribution in [0, 0.1) is 0 Å². The van der Waals surface area contributed by atoms with Crippen molar-refractivity contribution in [1.29, 1.82) is 0 Å². The van der Waals surface area contributed by atoms with Crippen molar-refractivity contribution in [1.82, 2.24) is 9.62 Å². The number of benzene rings is 2. The summed E-state index contributed by atoms with van der Waals surface area (Å²) in [7, 11) is -3.60. The topological polar surface area (TPSA) is 78.5 Å². The smallest absolute Gasteiger partial charge is 0.321 e. The Morgan fingerprint density at radius 3 is 2.23 bits per heavy atom. The van der Waals surface area contributed by atoms with E-state index in [1.807, 2.05) is 30.3 Å². The van der Waals surface area contributed by atoms with Crippen molar-refractivity contribution in [3.63, 3.8) is 0 Å². The summed E-state index contributed by atoms with van der Waals surface area (Å²) in [5.74, 6) is 0. The van der Waals surface area contributed by atoms with Gasteiger partial charge in [0.25, 0.3) is 0 Å². The number of nitrogens with one attached hydrogen (secondary N) is 2. The SMILES string of the molecule is O=C(Nc1ccc(S(=O)(=O)NCc2ccccc2)cc1)N1CCCCC1. The number of rotatable bonds is 5. The van der Waals surface area contributed by atoms with Crippen molar-refractivity contribution in [2.45, 2.75) is 30.7 Å². The molecular formula is C19H23N3O3S. The van der Waals surface area contributed by atoms with Crippen molar-refractivity contribution >= 4 is 21.7 Å². The number of hydrogen-bond donors (Lipinski definition) is 2. The van der Waals surface area contributed by atoms with Gasteiger partial charge >= 0.3 is 6.03 Å². The number of amides is 2. The van der Waals surface area contributed by atoms with Crippen LogP contribution in [-0.4, -0.2) is 32.4 Å². The van der Waals surface area contributed by atoms with E-state index >= 15 is 0 Å². The highest BCUT2D eigenvalue weighted by molar-refractivity contribution is 7.89. The molecule has 0 aliphatic carbocycles. The van der Waals surface area contributed by atoms with E-state index in [-0.39, 0.29) is 17.5 Å². The monoisotopic (exact) mass is 373 g/mol. The van der Waals surface area contributed by atoms with Gasteiger partial charge in [0.2, 0.25) is 10.0 Å². The van der Waals surface area contributed by atoms with Gasteiger partial charge in [0.15, 0.2) is 0 Å². The minimum absolute atomic E-state index is 0.137. The van der Waals surface area contributed by atoms with E-state index in [1.54, 1.807) is 17.0 Å². The van der Waals surface area contributed by atoms with Crippen molar-refractivity contribution in [3.05, 3.63) is 60.2 Å². The molecular weight excluding hydrogens is 350 g/mol. The second kappa shape index (κ2) is 8.33. The molecule has 3 rings (SSSR count). The molecule has 0 saturated carbocycles. The lowest BCUT2D eigenvalue weighted by molar-refractivity contribution is 0.200. The number of anilines is 1. The van der Waals surface area contributed by atoms with Crippen LogP contribution < -0.4 is 10.0 Å². The average Bonchev–Trinajstić information content (AvgIpc) is 2.68. The molecule has 2 N–H and O–H groups in total. The number of carbonyl (C=O) groups is 1. The number of urea groups is 1. The molecule has 0 aromatic heterocycles. The zero-order chi connectivity index (χ0) is 18.4. The molecule has 138 valence electrons. The van der Waals surface area contributed by atoms with E-state index in [2.05, 4.69) is 10.0 Å². The van der Waals surface area contributed by atoms with E-state index in [4.69, 9.17) is 0 Å². The summed E-state index contributed by atoms with van der Waals surface area (Å²) in [4.78, 5) is 14.2. The van der Waals surface area contributed by atoms with Crippen LogP contribution in [0.5, 0.6) is 0 Å². The van der Waals surface area contributed by atoms with Gasteiger partial charge in [0.05, 0.1) is 4.90 Å². The Kier molecular flexibility index (Phi) is 5.90. The van der Waals surface area contributed by atoms with Crippen LogP contribution in [0.25, 0.3) is 0 Å². The standard InChI is InChI=1S/C19H23N3O3S/c23-19(22-13-5-2-6-14-22)21-17-9-11-18(12-10-17)26(24,25)20-15-16-7-3-1-4-8-16/h1,3-4,7-12,20H,2,5-6,13-15H2,(H,21,23). The van der Waals surface area contributed by atoms with Crippen LogP contribution in [0.3, 0.4) is 0 Å². The third-order valence-electron chi connectivity index (χ3n) is 4.37. The molecule has 2 amide bonds. The Labute approximate surface area is 154 Å². The van der Waals surface area contributed by atoms with Crippen molar-refractivity contribution in [2.24, 2.45) is 0 Å². The molecule has 1 fully saturated rings. The van der Waals surface area contributed by atoms with Crippen molar-refractivity contribution < 1.29 is 13.2 Å². The van der Waals surface area contributed by atoms with Gasteiger partial charge in [-0.2, -0.15) is 0 Å². The van der Waals surface area contributed by atoms with Crippen LogP contribution in [0.15, 0.2) is 59.5 Å². The minimum atomic E-state index is -3.60. The Morgan fingerprint density at radius 2 is 1.58 bits per heavy atom. The van der Waals surface area contributed by atoms with Gasteiger partial charge in [-0.25, -0.2) is 17.9 Å². The molecule has 1 heterocycles. The molecule has 7 heteroatoms. The van der Waals surface area contributed by atoms with Gasteiger partial charge < -0.3 is 10.2 Å². The number of sulfonamides is 1. The average molecular weight is 373 g/mol. The highest BCUT2D eigenvalue weighted by atomic mass is 32.2. The second-order valence-corrected chi connectivity index (χ2v) is 8.08. The molecule has 1 saturated heterocycles. The predicted molar refractivity (Wildman–Crippen MR) is 101 cm³/mol. The van der Waals surface area contributed by atoms with E-state index in [0.29, 0.717) is 5.69 Å². The molecule has 1 aliphatic heterocycles. The zero-order valence-electron chi connectivity index (χ0n) is 14.5. The number of hydrogen-bond acceptors (Lipinski definition) is 3. The normalized spacial score (nSPS) is 14.8. The number of nitrogens with zero attached hydrogens (tertiary/aromatic N) is 1. The van der Waals surface area contributed by atoms with Crippen molar-refractivity contribution in [3.8, 4) is 0 Å². The summed E-state index contributed by atoms with van der Waals surface area (Å²) in [6.45, 7) is 1.76. The molecule has 26 heavy (non-hydrogen) atoms. The Bertz CT molecular complexity index is 830. The van der Waals surface area contributed by atoms with Gasteiger partial charge in [0.1, 0.15) is 0 Å². The lowest BCUT2D eigenvalue weighted by atomic mass is 10.1. The first-order valence-electron chi connectivity index (χ1n) is 8.74. The molecule has 0 unspecified atom stereocenters. The second-order valence-electron chi connectivity index (χ2n) is 6.31. The fraction of sp³-hybridized carbons (Fsp3) is 0.316. The van der Waals surface area contributed by atoms with Crippen molar-refractivity contribution in [2.75, 3.05) is 18.4 Å². The molecule has 0 spiro atoms. The maximum absolute atomic E-state index is 12.4. The van der Waals surface area contributed by atoms with Crippen LogP contribution in [0.1, 0.15) is 24.8 Å². The van der Waals surface area contributed by atoms with E-state index in [9.17, 15) is 13.2 Å². The Hall–Kier alpha value is -2.38. The van der Waals surface area contributed by atoms with Gasteiger partial charge in [-0.05, 0) is 49.1 Å². The van der Waals surface area contributed by atoms with Gasteiger partial charge in [-0.1, -0.05) is 30.3 Å². The Morgan fingerprint density at radius 1 is 0.923 bits per heavy atom. The summed E-state index contributed by atoms with van der Waals surface area (Å²) >= 11 is 0. The third kappa shape index (κ3) is 4.83. The lowest BCUT2D eigenvalue weighted by Crippen LogP contribution is -2.38. The van der Waals surface area contributed by atoms with Gasteiger partial charge in [0, 0.05) is 25.3 Å². The zero-order valence-corrected chi connectivity index (χ0v) is 15.3. The van der Waals surface area contributed by atoms with E-state index in [0.717, 1.165) is 37.9 Å². The fourth-order valence-electron chi connectivity index (χ4n) is 2.87. The molecule has 0 radical (unpaired) electrons. The van der Waals surface area contributed by atoms with Crippen LogP contribution >= 0.6 is 0 Å². The molecule has 0 bridgehead atoms. The predicted octanol–water partition coefficient (Wildman–Crippen LogP) is 3.18. The number of piperidine rings is 1. The first kappa shape index (κ1) is 18.4. The van der Waals surface area contributed by atoms with Gasteiger partial charge in [-0.15, -0.1) is 0 Å². The van der Waals surface area contributed by atoms with Crippen LogP contribution in [0.4, 0.5) is 10.5 Å². The molecule has 2 aromatic carbocycles. The third-order valence-corrected chi connectivity index (χ3v) is 5.79. The maximum Gasteiger partial charge on any atom is 0.321 e. The molecule has 1 aliphatic rings.